The number of ether oxygens (including phenoxy) is 1. The van der Waals surface area contributed by atoms with E-state index in [0.717, 1.165) is 5.56 Å². The Balaban J connectivity index is 1.85. The second-order valence-corrected chi connectivity index (χ2v) is 5.09. The Morgan fingerprint density at radius 3 is 2.25 bits per heavy atom. The summed E-state index contributed by atoms with van der Waals surface area (Å²) in [6.07, 6.45) is -0.567. The minimum Gasteiger partial charge on any atom is -0.453 e. The van der Waals surface area contributed by atoms with Crippen molar-refractivity contribution >= 4 is 23.5 Å². The van der Waals surface area contributed by atoms with Crippen molar-refractivity contribution in [2.45, 2.75) is 13.5 Å². The summed E-state index contributed by atoms with van der Waals surface area (Å²) in [6.45, 7) is 1.96. The smallest absolute Gasteiger partial charge is 0.411 e. The van der Waals surface area contributed by atoms with Gasteiger partial charge in [0.05, 0.1) is 7.11 Å². The number of anilines is 2. The zero-order chi connectivity index (χ0) is 17.5. The van der Waals surface area contributed by atoms with Gasteiger partial charge in [0.2, 0.25) is 0 Å². The number of aryl methyl sites for hydroxylation is 1. The number of amides is 3. The van der Waals surface area contributed by atoms with E-state index in [2.05, 4.69) is 20.7 Å². The van der Waals surface area contributed by atoms with E-state index in [-0.39, 0.29) is 18.4 Å². The molecular weight excluding hydrogens is 313 g/mol. The van der Waals surface area contributed by atoms with E-state index in [1.165, 1.54) is 13.2 Å². The first-order valence-corrected chi connectivity index (χ1v) is 7.23. The molecule has 24 heavy (non-hydrogen) atoms. The maximum Gasteiger partial charge on any atom is 0.411 e. The minimum absolute atomic E-state index is 0.274. The molecule has 0 aliphatic rings. The molecule has 0 saturated heterocycles. The van der Waals surface area contributed by atoms with E-state index in [0.29, 0.717) is 16.9 Å². The Labute approximate surface area is 139 Å². The summed E-state index contributed by atoms with van der Waals surface area (Å²) in [4.78, 5) is 22.9. The molecule has 0 radical (unpaired) electrons. The maximum absolute atomic E-state index is 13.2. The lowest BCUT2D eigenvalue weighted by Crippen LogP contribution is -2.28. The topological polar surface area (TPSA) is 79.5 Å². The van der Waals surface area contributed by atoms with E-state index in [4.69, 9.17) is 0 Å². The molecule has 0 unspecified atom stereocenters. The van der Waals surface area contributed by atoms with Gasteiger partial charge in [0.1, 0.15) is 5.82 Å². The third-order valence-corrected chi connectivity index (χ3v) is 3.25. The minimum atomic E-state index is -0.567. The van der Waals surface area contributed by atoms with Crippen LogP contribution in [-0.4, -0.2) is 19.2 Å². The van der Waals surface area contributed by atoms with Crippen LogP contribution in [0, 0.1) is 12.7 Å². The molecule has 0 spiro atoms. The second kappa shape index (κ2) is 7.96. The van der Waals surface area contributed by atoms with Crippen LogP contribution in [0.25, 0.3) is 0 Å². The van der Waals surface area contributed by atoms with Crippen molar-refractivity contribution in [2.24, 2.45) is 0 Å². The number of benzene rings is 2. The number of rotatable bonds is 4. The highest BCUT2D eigenvalue weighted by molar-refractivity contribution is 5.90. The highest BCUT2D eigenvalue weighted by Crippen LogP contribution is 2.14. The van der Waals surface area contributed by atoms with Crippen molar-refractivity contribution < 1.29 is 18.7 Å². The molecule has 2 rings (SSSR count). The number of nitrogens with one attached hydrogen (secondary N) is 3. The molecule has 2 aromatic rings. The number of hydrogen-bond acceptors (Lipinski definition) is 3. The highest BCUT2D eigenvalue weighted by atomic mass is 19.1. The van der Waals surface area contributed by atoms with Gasteiger partial charge in [0.25, 0.3) is 0 Å². The van der Waals surface area contributed by atoms with Gasteiger partial charge in [-0.1, -0.05) is 12.1 Å². The van der Waals surface area contributed by atoms with Crippen LogP contribution in [0.1, 0.15) is 11.1 Å². The van der Waals surface area contributed by atoms with Crippen molar-refractivity contribution in [3.8, 4) is 0 Å². The molecule has 2 aromatic carbocycles. The molecule has 0 aliphatic carbocycles. The molecule has 0 fully saturated rings. The summed E-state index contributed by atoms with van der Waals surface area (Å²) in [5.74, 6) is -0.274. The monoisotopic (exact) mass is 331 g/mol. The first-order chi connectivity index (χ1) is 11.5. The summed E-state index contributed by atoms with van der Waals surface area (Å²) < 4.78 is 17.7. The fourth-order valence-electron chi connectivity index (χ4n) is 1.98. The number of halogens is 1. The van der Waals surface area contributed by atoms with Crippen LogP contribution < -0.4 is 16.0 Å². The molecule has 0 saturated carbocycles. The van der Waals surface area contributed by atoms with Gasteiger partial charge in [-0.05, 0) is 48.4 Å². The molecule has 0 atom stereocenters. The fraction of sp³-hybridized carbons (Fsp3) is 0.176. The van der Waals surface area contributed by atoms with Crippen molar-refractivity contribution in [2.75, 3.05) is 17.7 Å². The zero-order valence-corrected chi connectivity index (χ0v) is 13.4. The van der Waals surface area contributed by atoms with E-state index >= 15 is 0 Å². The van der Waals surface area contributed by atoms with Crippen molar-refractivity contribution in [1.29, 1.82) is 0 Å². The number of methoxy groups -OCH3 is 1. The van der Waals surface area contributed by atoms with E-state index < -0.39 is 6.09 Å². The predicted molar refractivity (Wildman–Crippen MR) is 89.5 cm³/mol. The first kappa shape index (κ1) is 17.3. The van der Waals surface area contributed by atoms with Crippen LogP contribution in [0.4, 0.5) is 25.4 Å². The van der Waals surface area contributed by atoms with E-state index in [1.807, 2.05) is 0 Å². The second-order valence-electron chi connectivity index (χ2n) is 5.09. The summed E-state index contributed by atoms with van der Waals surface area (Å²) >= 11 is 0. The summed E-state index contributed by atoms with van der Waals surface area (Å²) in [7, 11) is 1.28. The number of carbonyl (C=O) groups excluding carboxylic acids is 2. The molecule has 3 N–H and O–H groups in total. The Hall–Kier alpha value is -3.09. The van der Waals surface area contributed by atoms with Gasteiger partial charge >= 0.3 is 12.1 Å². The van der Waals surface area contributed by atoms with Crippen LogP contribution in [-0.2, 0) is 11.3 Å². The van der Waals surface area contributed by atoms with Gasteiger partial charge < -0.3 is 15.4 Å². The molecule has 0 aromatic heterocycles. The summed E-state index contributed by atoms with van der Waals surface area (Å²) in [5.41, 5.74) is 2.46. The molecule has 3 amide bonds. The Morgan fingerprint density at radius 2 is 1.67 bits per heavy atom. The highest BCUT2D eigenvalue weighted by Gasteiger charge is 2.05. The van der Waals surface area contributed by atoms with Crippen molar-refractivity contribution in [3.05, 3.63) is 59.4 Å². The lowest BCUT2D eigenvalue weighted by Gasteiger charge is -2.09. The van der Waals surface area contributed by atoms with Crippen LogP contribution in [0.3, 0.4) is 0 Å². The van der Waals surface area contributed by atoms with Gasteiger partial charge in [-0.15, -0.1) is 0 Å². The van der Waals surface area contributed by atoms with Gasteiger partial charge in [-0.25, -0.2) is 14.0 Å². The average Bonchev–Trinajstić information content (AvgIpc) is 2.57. The Morgan fingerprint density at radius 1 is 1.04 bits per heavy atom. The normalized spacial score (nSPS) is 9.96. The zero-order valence-electron chi connectivity index (χ0n) is 13.4. The Kier molecular flexibility index (Phi) is 5.73. The number of urea groups is 1. The fourth-order valence-corrected chi connectivity index (χ4v) is 1.98. The molecule has 0 bridgehead atoms. The van der Waals surface area contributed by atoms with Crippen LogP contribution >= 0.6 is 0 Å². The van der Waals surface area contributed by atoms with Gasteiger partial charge in [0, 0.05) is 17.9 Å². The quantitative estimate of drug-likeness (QED) is 0.800. The van der Waals surface area contributed by atoms with Gasteiger partial charge in [-0.3, -0.25) is 5.32 Å². The van der Waals surface area contributed by atoms with Crippen LogP contribution in [0.15, 0.2) is 42.5 Å². The standard InChI is InChI=1S/C17H18FN3O3/c1-11-9-12(3-8-15(11)18)10-19-16(22)20-13-4-6-14(7-5-13)21-17(23)24-2/h3-9H,10H2,1-2H3,(H,21,23)(H2,19,20,22). The third kappa shape index (κ3) is 4.98. The summed E-state index contributed by atoms with van der Waals surface area (Å²) in [6, 6.07) is 10.9. The van der Waals surface area contributed by atoms with Crippen molar-refractivity contribution in [1.82, 2.24) is 5.32 Å². The number of hydrogen-bond donors (Lipinski definition) is 3. The van der Waals surface area contributed by atoms with Crippen LogP contribution in [0.2, 0.25) is 0 Å². The summed E-state index contributed by atoms with van der Waals surface area (Å²) in [5, 5.41) is 7.86. The van der Waals surface area contributed by atoms with Crippen LogP contribution in [0.5, 0.6) is 0 Å². The molecule has 7 heteroatoms. The lowest BCUT2D eigenvalue weighted by molar-refractivity contribution is 0.187. The predicted octanol–water partition coefficient (Wildman–Crippen LogP) is 3.63. The van der Waals surface area contributed by atoms with Gasteiger partial charge in [-0.2, -0.15) is 0 Å². The van der Waals surface area contributed by atoms with E-state index in [9.17, 15) is 14.0 Å². The molecule has 0 aliphatic heterocycles. The molecule has 126 valence electrons. The first-order valence-electron chi connectivity index (χ1n) is 7.23. The van der Waals surface area contributed by atoms with E-state index in [1.54, 1.807) is 43.3 Å². The average molecular weight is 331 g/mol. The molecule has 6 nitrogen and oxygen atoms in total. The lowest BCUT2D eigenvalue weighted by atomic mass is 10.1. The largest absolute Gasteiger partial charge is 0.453 e. The molecular formula is C17H18FN3O3. The van der Waals surface area contributed by atoms with Crippen molar-refractivity contribution in [3.63, 3.8) is 0 Å². The van der Waals surface area contributed by atoms with Gasteiger partial charge in [0.15, 0.2) is 0 Å². The molecule has 0 heterocycles. The maximum atomic E-state index is 13.2. The Bertz CT molecular complexity index is 732. The third-order valence-electron chi connectivity index (χ3n) is 3.25. The number of carbonyl (C=O) groups is 2. The SMILES string of the molecule is COC(=O)Nc1ccc(NC(=O)NCc2ccc(F)c(C)c2)cc1.